The van der Waals surface area contributed by atoms with Gasteiger partial charge in [0.2, 0.25) is 5.91 Å². The molecule has 33 heavy (non-hydrogen) atoms. The maximum Gasteiger partial charge on any atom is 0.261 e. The second kappa shape index (κ2) is 10.3. The Bertz CT molecular complexity index is 1050. The molecule has 4 rings (SSSR count). The smallest absolute Gasteiger partial charge is 0.261 e. The van der Waals surface area contributed by atoms with Gasteiger partial charge in [-0.1, -0.05) is 41.5 Å². The number of fused-ring (bicyclic) bond motifs is 1. The van der Waals surface area contributed by atoms with Gasteiger partial charge in [-0.05, 0) is 38.0 Å². The highest BCUT2D eigenvalue weighted by atomic mass is 16.5. The fourth-order valence-corrected chi connectivity index (χ4v) is 4.53. The van der Waals surface area contributed by atoms with Crippen molar-refractivity contribution in [3.05, 3.63) is 70.3 Å². The highest BCUT2D eigenvalue weighted by molar-refractivity contribution is 6.21. The third-order valence-corrected chi connectivity index (χ3v) is 6.32. The first-order valence-corrected chi connectivity index (χ1v) is 11.6. The summed E-state index contributed by atoms with van der Waals surface area (Å²) in [5.41, 5.74) is 4.21. The molecule has 1 saturated heterocycles. The van der Waals surface area contributed by atoms with Crippen molar-refractivity contribution in [2.45, 2.75) is 32.7 Å². The summed E-state index contributed by atoms with van der Waals surface area (Å²) in [7, 11) is 0. The lowest BCUT2D eigenvalue weighted by Gasteiger charge is -2.35. The molecule has 3 amide bonds. The minimum atomic E-state index is -0.276. The number of rotatable bonds is 8. The van der Waals surface area contributed by atoms with E-state index in [1.165, 1.54) is 16.0 Å². The minimum Gasteiger partial charge on any atom is -0.379 e. The summed E-state index contributed by atoms with van der Waals surface area (Å²) in [4.78, 5) is 41.3. The Morgan fingerprint density at radius 1 is 1.00 bits per heavy atom. The summed E-state index contributed by atoms with van der Waals surface area (Å²) in [5, 5.41) is 3.06. The van der Waals surface area contributed by atoms with Gasteiger partial charge in [-0.15, -0.1) is 0 Å². The lowest BCUT2D eigenvalue weighted by Crippen LogP contribution is -2.44. The molecule has 7 heteroatoms. The topological polar surface area (TPSA) is 79.0 Å². The average molecular weight is 450 g/mol. The summed E-state index contributed by atoms with van der Waals surface area (Å²) in [5.74, 6) is -0.624. The van der Waals surface area contributed by atoms with Crippen molar-refractivity contribution in [2.24, 2.45) is 0 Å². The Balaban J connectivity index is 1.31. The maximum atomic E-state index is 12.6. The van der Waals surface area contributed by atoms with Crippen LogP contribution < -0.4 is 5.32 Å². The van der Waals surface area contributed by atoms with Crippen LogP contribution in [0.5, 0.6) is 0 Å². The molecule has 2 aromatic rings. The van der Waals surface area contributed by atoms with Crippen LogP contribution in [0, 0.1) is 13.8 Å². The average Bonchev–Trinajstić information content (AvgIpc) is 3.04. The first-order valence-electron chi connectivity index (χ1n) is 11.6. The lowest BCUT2D eigenvalue weighted by molar-refractivity contribution is -0.121. The molecule has 0 bridgehead atoms. The molecule has 174 valence electrons. The third-order valence-electron chi connectivity index (χ3n) is 6.32. The van der Waals surface area contributed by atoms with Crippen LogP contribution >= 0.6 is 0 Å². The molecule has 2 heterocycles. The fraction of sp³-hybridized carbons (Fsp3) is 0.423. The van der Waals surface area contributed by atoms with Gasteiger partial charge in [0.15, 0.2) is 0 Å². The van der Waals surface area contributed by atoms with E-state index in [1.54, 1.807) is 12.1 Å². The van der Waals surface area contributed by atoms with Crippen LogP contribution in [0.1, 0.15) is 56.3 Å². The second-order valence-electron chi connectivity index (χ2n) is 8.80. The van der Waals surface area contributed by atoms with Crippen molar-refractivity contribution in [1.29, 1.82) is 0 Å². The van der Waals surface area contributed by atoms with Gasteiger partial charge in [-0.25, -0.2) is 0 Å². The number of benzene rings is 2. The summed E-state index contributed by atoms with van der Waals surface area (Å²) in [6, 6.07) is 13.7. The van der Waals surface area contributed by atoms with E-state index >= 15 is 0 Å². The molecular formula is C26H31N3O4. The minimum absolute atomic E-state index is 0.0756. The van der Waals surface area contributed by atoms with Crippen molar-refractivity contribution in [3.8, 4) is 0 Å². The molecule has 0 aromatic heterocycles. The quantitative estimate of drug-likeness (QED) is 0.627. The van der Waals surface area contributed by atoms with E-state index in [4.69, 9.17) is 4.74 Å². The molecule has 2 aromatic carbocycles. The number of aryl methyl sites for hydroxylation is 2. The van der Waals surface area contributed by atoms with E-state index in [0.717, 1.165) is 18.7 Å². The molecule has 0 aliphatic carbocycles. The number of amides is 3. The lowest BCUT2D eigenvalue weighted by atomic mass is 10.0. The predicted molar refractivity (Wildman–Crippen MR) is 125 cm³/mol. The van der Waals surface area contributed by atoms with Gasteiger partial charge in [0.25, 0.3) is 11.8 Å². The van der Waals surface area contributed by atoms with E-state index in [1.807, 2.05) is 19.1 Å². The summed E-state index contributed by atoms with van der Waals surface area (Å²) >= 11 is 0. The third kappa shape index (κ3) is 5.31. The number of ether oxygens (including phenoxy) is 1. The highest BCUT2D eigenvalue weighted by Gasteiger charge is 2.35. The predicted octanol–water partition coefficient (Wildman–Crippen LogP) is 2.87. The van der Waals surface area contributed by atoms with Crippen molar-refractivity contribution < 1.29 is 19.1 Å². The van der Waals surface area contributed by atoms with E-state index in [9.17, 15) is 14.4 Å². The number of hydrogen-bond donors (Lipinski definition) is 1. The van der Waals surface area contributed by atoms with Crippen molar-refractivity contribution in [2.75, 3.05) is 39.4 Å². The SMILES string of the molecule is Cc1cccc(C(CNC(=O)CCCN2C(=O)c3ccc(C)cc3C2=O)N2CCOCC2)c1. The van der Waals surface area contributed by atoms with Gasteiger partial charge in [0.1, 0.15) is 0 Å². The van der Waals surface area contributed by atoms with Crippen LogP contribution in [0.15, 0.2) is 42.5 Å². The Morgan fingerprint density at radius 2 is 1.73 bits per heavy atom. The first kappa shape index (κ1) is 23.1. The molecular weight excluding hydrogens is 418 g/mol. The zero-order valence-electron chi connectivity index (χ0n) is 19.3. The van der Waals surface area contributed by atoms with Gasteiger partial charge in [0.05, 0.1) is 30.4 Å². The van der Waals surface area contributed by atoms with Gasteiger partial charge in [-0.2, -0.15) is 0 Å². The Kier molecular flexibility index (Phi) is 7.20. The van der Waals surface area contributed by atoms with E-state index in [-0.39, 0.29) is 36.7 Å². The number of morpholine rings is 1. The summed E-state index contributed by atoms with van der Waals surface area (Å²) in [6.07, 6.45) is 0.693. The van der Waals surface area contributed by atoms with E-state index < -0.39 is 0 Å². The van der Waals surface area contributed by atoms with Gasteiger partial charge in [-0.3, -0.25) is 24.2 Å². The number of carbonyl (C=O) groups excluding carboxylic acids is 3. The van der Waals surface area contributed by atoms with Gasteiger partial charge < -0.3 is 10.1 Å². The van der Waals surface area contributed by atoms with Crippen LogP contribution in [0.2, 0.25) is 0 Å². The van der Waals surface area contributed by atoms with Crippen LogP contribution in [0.3, 0.4) is 0 Å². The molecule has 2 aliphatic heterocycles. The zero-order valence-corrected chi connectivity index (χ0v) is 19.3. The number of nitrogens with one attached hydrogen (secondary N) is 1. The zero-order chi connectivity index (χ0) is 23.4. The van der Waals surface area contributed by atoms with E-state index in [2.05, 4.69) is 35.3 Å². The number of hydrogen-bond acceptors (Lipinski definition) is 5. The molecule has 1 unspecified atom stereocenters. The van der Waals surface area contributed by atoms with Crippen LogP contribution in [-0.4, -0.2) is 66.9 Å². The van der Waals surface area contributed by atoms with Crippen molar-refractivity contribution in [3.63, 3.8) is 0 Å². The first-order chi connectivity index (χ1) is 15.9. The maximum absolute atomic E-state index is 12.6. The van der Waals surface area contributed by atoms with E-state index in [0.29, 0.717) is 37.3 Å². The number of nitrogens with zero attached hydrogens (tertiary/aromatic N) is 2. The van der Waals surface area contributed by atoms with Crippen molar-refractivity contribution in [1.82, 2.24) is 15.1 Å². The molecule has 7 nitrogen and oxygen atoms in total. The molecule has 0 spiro atoms. The fourth-order valence-electron chi connectivity index (χ4n) is 4.53. The highest BCUT2D eigenvalue weighted by Crippen LogP contribution is 2.25. The van der Waals surface area contributed by atoms with Crippen LogP contribution in [0.4, 0.5) is 0 Å². The second-order valence-corrected chi connectivity index (χ2v) is 8.80. The summed E-state index contributed by atoms with van der Waals surface area (Å²) < 4.78 is 5.50. The molecule has 2 aliphatic rings. The monoisotopic (exact) mass is 449 g/mol. The Labute approximate surface area is 194 Å². The summed E-state index contributed by atoms with van der Waals surface area (Å²) in [6.45, 7) is 7.75. The van der Waals surface area contributed by atoms with Gasteiger partial charge in [0, 0.05) is 32.6 Å². The molecule has 1 N–H and O–H groups in total. The Hall–Kier alpha value is -3.03. The normalized spacial score (nSPS) is 17.2. The molecule has 0 radical (unpaired) electrons. The number of carbonyl (C=O) groups is 3. The number of imide groups is 1. The van der Waals surface area contributed by atoms with Gasteiger partial charge >= 0.3 is 0 Å². The molecule has 1 fully saturated rings. The molecule has 1 atom stereocenters. The van der Waals surface area contributed by atoms with Crippen LogP contribution in [0.25, 0.3) is 0 Å². The Morgan fingerprint density at radius 3 is 2.48 bits per heavy atom. The van der Waals surface area contributed by atoms with Crippen molar-refractivity contribution >= 4 is 17.7 Å². The van der Waals surface area contributed by atoms with Crippen LogP contribution in [-0.2, 0) is 9.53 Å². The largest absolute Gasteiger partial charge is 0.379 e. The standard InChI is InChI=1S/C26H31N3O4/c1-18-5-3-6-20(15-18)23(28-11-13-33-14-12-28)17-27-24(30)7-4-10-29-25(31)21-9-8-19(2)16-22(21)26(29)32/h3,5-6,8-9,15-16,23H,4,7,10-14,17H2,1-2H3,(H,27,30). The molecule has 0 saturated carbocycles.